The summed E-state index contributed by atoms with van der Waals surface area (Å²) >= 11 is 0. The Hall–Kier alpha value is -2.70. The van der Waals surface area contributed by atoms with Gasteiger partial charge < -0.3 is 26.6 Å². The van der Waals surface area contributed by atoms with E-state index in [0.29, 0.717) is 18.8 Å². The molecule has 7 heteroatoms. The molecule has 1 aromatic carbocycles. The van der Waals surface area contributed by atoms with E-state index in [0.717, 1.165) is 18.4 Å². The number of benzene rings is 1. The van der Waals surface area contributed by atoms with Crippen LogP contribution in [0.1, 0.15) is 18.4 Å². The maximum atomic E-state index is 11.6. The molecule has 0 spiro atoms. The lowest BCUT2D eigenvalue weighted by molar-refractivity contribution is -0.116. The van der Waals surface area contributed by atoms with Crippen molar-refractivity contribution in [2.75, 3.05) is 20.2 Å². The molecule has 0 saturated carbocycles. The summed E-state index contributed by atoms with van der Waals surface area (Å²) in [5.41, 5.74) is 11.2. The highest BCUT2D eigenvalue weighted by Crippen LogP contribution is 2.26. The average molecular weight is 306 g/mol. The Morgan fingerprint density at radius 2 is 2.18 bits per heavy atom. The van der Waals surface area contributed by atoms with Crippen LogP contribution < -0.4 is 21.5 Å². The molecule has 0 atom stereocenters. The predicted molar refractivity (Wildman–Crippen MR) is 86.6 cm³/mol. The Kier molecular flexibility index (Phi) is 7.32. The Balaban J connectivity index is 2.34. The quantitative estimate of drug-likeness (QED) is 0.242. The van der Waals surface area contributed by atoms with Gasteiger partial charge in [-0.3, -0.25) is 9.79 Å². The first-order valence-corrected chi connectivity index (χ1v) is 6.91. The number of rotatable bonds is 8. The number of guanidine groups is 1. The molecule has 0 unspecified atom stereocenters. The van der Waals surface area contributed by atoms with Gasteiger partial charge in [-0.25, -0.2) is 0 Å². The fourth-order valence-electron chi connectivity index (χ4n) is 1.69. The smallest absolute Gasteiger partial charge is 0.243 e. The van der Waals surface area contributed by atoms with E-state index in [-0.39, 0.29) is 17.6 Å². The Bertz CT molecular complexity index is 552. The zero-order valence-electron chi connectivity index (χ0n) is 12.6. The highest BCUT2D eigenvalue weighted by Gasteiger charge is 2.01. The number of hydrogen-bond donors (Lipinski definition) is 4. The van der Waals surface area contributed by atoms with Crippen LogP contribution in [0.4, 0.5) is 0 Å². The van der Waals surface area contributed by atoms with Gasteiger partial charge in [-0.2, -0.15) is 0 Å². The number of aromatic hydroxyl groups is 1. The minimum Gasteiger partial charge on any atom is -0.504 e. The van der Waals surface area contributed by atoms with Crippen LogP contribution in [0, 0.1) is 0 Å². The molecule has 0 fully saturated rings. The predicted octanol–water partition coefficient (Wildman–Crippen LogP) is 0.584. The number of carbonyl (C=O) groups excluding carboxylic acids is 1. The van der Waals surface area contributed by atoms with Crippen molar-refractivity contribution in [3.63, 3.8) is 0 Å². The van der Waals surface area contributed by atoms with Gasteiger partial charge in [0.25, 0.3) is 0 Å². The second-order valence-corrected chi connectivity index (χ2v) is 4.57. The largest absolute Gasteiger partial charge is 0.504 e. The van der Waals surface area contributed by atoms with E-state index in [1.54, 1.807) is 18.2 Å². The first kappa shape index (κ1) is 17.4. The summed E-state index contributed by atoms with van der Waals surface area (Å²) in [5, 5.41) is 12.2. The van der Waals surface area contributed by atoms with Crippen molar-refractivity contribution in [3.8, 4) is 11.5 Å². The van der Waals surface area contributed by atoms with Crippen molar-refractivity contribution in [1.82, 2.24) is 5.32 Å². The van der Waals surface area contributed by atoms with Crippen molar-refractivity contribution < 1.29 is 14.6 Å². The summed E-state index contributed by atoms with van der Waals surface area (Å²) in [6, 6.07) is 4.85. The Labute approximate surface area is 129 Å². The highest BCUT2D eigenvalue weighted by atomic mass is 16.5. The number of aliphatic imine (C=N–C) groups is 1. The van der Waals surface area contributed by atoms with Gasteiger partial charge in [0, 0.05) is 19.2 Å². The van der Waals surface area contributed by atoms with Gasteiger partial charge in [0.15, 0.2) is 17.5 Å². The van der Waals surface area contributed by atoms with Gasteiger partial charge in [-0.15, -0.1) is 0 Å². The van der Waals surface area contributed by atoms with Crippen molar-refractivity contribution in [3.05, 3.63) is 29.8 Å². The number of carbonyl (C=O) groups is 1. The number of methoxy groups -OCH3 is 1. The van der Waals surface area contributed by atoms with Crippen LogP contribution in [0.3, 0.4) is 0 Å². The molecule has 0 heterocycles. The van der Waals surface area contributed by atoms with Gasteiger partial charge in [0.05, 0.1) is 7.11 Å². The van der Waals surface area contributed by atoms with Crippen LogP contribution in [0.15, 0.2) is 29.3 Å². The van der Waals surface area contributed by atoms with Crippen LogP contribution in [0.5, 0.6) is 11.5 Å². The molecule has 0 bridgehead atoms. The van der Waals surface area contributed by atoms with Crippen molar-refractivity contribution >= 4 is 17.9 Å². The second kappa shape index (κ2) is 9.28. The number of ether oxygens (including phenoxy) is 1. The number of amides is 1. The summed E-state index contributed by atoms with van der Waals surface area (Å²) in [4.78, 5) is 15.5. The molecule has 1 rings (SSSR count). The summed E-state index contributed by atoms with van der Waals surface area (Å²) in [5.74, 6) is 0.317. The molecule has 0 aliphatic heterocycles. The van der Waals surface area contributed by atoms with Gasteiger partial charge >= 0.3 is 0 Å². The van der Waals surface area contributed by atoms with Crippen molar-refractivity contribution in [1.29, 1.82) is 0 Å². The molecule has 120 valence electrons. The third-order valence-electron chi connectivity index (χ3n) is 2.81. The summed E-state index contributed by atoms with van der Waals surface area (Å²) in [7, 11) is 1.47. The molecular weight excluding hydrogens is 284 g/mol. The maximum absolute atomic E-state index is 11.6. The van der Waals surface area contributed by atoms with E-state index in [4.69, 9.17) is 16.2 Å². The van der Waals surface area contributed by atoms with E-state index < -0.39 is 0 Å². The first-order chi connectivity index (χ1) is 10.5. The monoisotopic (exact) mass is 306 g/mol. The van der Waals surface area contributed by atoms with Gasteiger partial charge in [-0.1, -0.05) is 6.07 Å². The van der Waals surface area contributed by atoms with E-state index in [9.17, 15) is 9.90 Å². The number of hydrogen-bond acceptors (Lipinski definition) is 4. The minimum atomic E-state index is -0.186. The third kappa shape index (κ3) is 6.65. The molecule has 0 aliphatic rings. The number of nitrogens with two attached hydrogens (primary N) is 2. The number of phenols is 1. The lowest BCUT2D eigenvalue weighted by Crippen LogP contribution is -2.24. The molecule has 0 aromatic heterocycles. The zero-order valence-corrected chi connectivity index (χ0v) is 12.6. The molecule has 6 N–H and O–H groups in total. The van der Waals surface area contributed by atoms with E-state index >= 15 is 0 Å². The molecule has 22 heavy (non-hydrogen) atoms. The molecule has 1 aromatic rings. The Morgan fingerprint density at radius 3 is 2.86 bits per heavy atom. The molecule has 0 radical (unpaired) electrons. The van der Waals surface area contributed by atoms with Crippen molar-refractivity contribution in [2.24, 2.45) is 16.5 Å². The summed E-state index contributed by atoms with van der Waals surface area (Å²) in [6.07, 6.45) is 4.68. The topological polar surface area (TPSA) is 123 Å². The number of unbranched alkanes of at least 4 members (excludes halogenated alkanes) is 1. The molecule has 0 saturated heterocycles. The van der Waals surface area contributed by atoms with Gasteiger partial charge in [0.1, 0.15) is 0 Å². The van der Waals surface area contributed by atoms with Crippen LogP contribution in [-0.2, 0) is 4.79 Å². The lowest BCUT2D eigenvalue weighted by atomic mass is 10.2. The molecule has 7 nitrogen and oxygen atoms in total. The highest BCUT2D eigenvalue weighted by molar-refractivity contribution is 5.91. The fourth-order valence-corrected chi connectivity index (χ4v) is 1.69. The zero-order chi connectivity index (χ0) is 16.4. The number of nitrogens with one attached hydrogen (secondary N) is 1. The normalized spacial score (nSPS) is 10.4. The van der Waals surface area contributed by atoms with E-state index in [1.165, 1.54) is 19.3 Å². The summed E-state index contributed by atoms with van der Waals surface area (Å²) < 4.78 is 5.00. The van der Waals surface area contributed by atoms with Crippen LogP contribution in [0.25, 0.3) is 6.08 Å². The van der Waals surface area contributed by atoms with E-state index in [1.807, 2.05) is 0 Å². The SMILES string of the molecule is COc1cc(/C=C/C(=O)NCCCCN=C(N)N)ccc1O. The van der Waals surface area contributed by atoms with Gasteiger partial charge in [0.2, 0.25) is 5.91 Å². The number of phenolic OH excluding ortho intramolecular Hbond substituents is 1. The molecule has 0 aliphatic carbocycles. The van der Waals surface area contributed by atoms with Gasteiger partial charge in [-0.05, 0) is 36.6 Å². The lowest BCUT2D eigenvalue weighted by Gasteiger charge is -2.04. The standard InChI is InChI=1S/C15H22N4O3/c1-22-13-10-11(4-6-12(13)20)5-7-14(21)18-8-2-3-9-19-15(16)17/h4-7,10,20H,2-3,8-9H2,1H3,(H,18,21)(H4,16,17,19)/b7-5+. The molecule has 1 amide bonds. The Morgan fingerprint density at radius 1 is 1.41 bits per heavy atom. The average Bonchev–Trinajstić information content (AvgIpc) is 2.49. The first-order valence-electron chi connectivity index (χ1n) is 6.91. The fraction of sp³-hybridized carbons (Fsp3) is 0.333. The minimum absolute atomic E-state index is 0.0601. The third-order valence-corrected chi connectivity index (χ3v) is 2.81. The number of nitrogens with zero attached hydrogens (tertiary/aromatic N) is 1. The summed E-state index contributed by atoms with van der Waals surface area (Å²) in [6.45, 7) is 1.11. The van der Waals surface area contributed by atoms with Crippen LogP contribution in [-0.4, -0.2) is 37.2 Å². The second-order valence-electron chi connectivity index (χ2n) is 4.57. The van der Waals surface area contributed by atoms with Crippen LogP contribution >= 0.6 is 0 Å². The maximum Gasteiger partial charge on any atom is 0.243 e. The van der Waals surface area contributed by atoms with E-state index in [2.05, 4.69) is 10.3 Å². The van der Waals surface area contributed by atoms with Crippen molar-refractivity contribution in [2.45, 2.75) is 12.8 Å². The van der Waals surface area contributed by atoms with Crippen LogP contribution in [0.2, 0.25) is 0 Å². The molecular formula is C15H22N4O3.